The summed E-state index contributed by atoms with van der Waals surface area (Å²) in [7, 11) is 6.68. The first-order chi connectivity index (χ1) is 10.9. The molecule has 122 valence electrons. The quantitative estimate of drug-likeness (QED) is 0.851. The normalized spacial score (nSPS) is 14.4. The molecule has 7 heteroatoms. The maximum atomic E-state index is 11.9. The summed E-state index contributed by atoms with van der Waals surface area (Å²) >= 11 is 0. The van der Waals surface area contributed by atoms with E-state index >= 15 is 0 Å². The maximum absolute atomic E-state index is 11.9. The molecule has 0 bridgehead atoms. The van der Waals surface area contributed by atoms with Crippen molar-refractivity contribution in [3.8, 4) is 0 Å². The van der Waals surface area contributed by atoms with Gasteiger partial charge in [0.1, 0.15) is 0 Å². The molecule has 2 aromatic carbocycles. The number of hydrogen-bond donors (Lipinski definition) is 1. The van der Waals surface area contributed by atoms with Crippen LogP contribution in [0, 0.1) is 0 Å². The first-order valence-electron chi connectivity index (χ1n) is 6.58. The first-order valence-corrected chi connectivity index (χ1v) is 9.10. The van der Waals surface area contributed by atoms with Crippen LogP contribution in [0.15, 0.2) is 58.3 Å². The van der Waals surface area contributed by atoms with E-state index in [1.807, 2.05) is 0 Å². The van der Waals surface area contributed by atoms with Gasteiger partial charge in [0.05, 0.1) is 25.3 Å². The maximum Gasteiger partial charge on any atom is 0.339 e. The van der Waals surface area contributed by atoms with Crippen LogP contribution in [-0.4, -0.2) is 26.2 Å². The molecule has 0 aliphatic heterocycles. The number of carbonyl (C=O) groups excluding carboxylic acids is 2. The second-order valence-electron chi connectivity index (χ2n) is 4.59. The minimum Gasteiger partial charge on any atom is -0.465 e. The fraction of sp³-hybridized carbons (Fsp3) is 0.125. The van der Waals surface area contributed by atoms with Crippen LogP contribution in [0.25, 0.3) is 0 Å². The second-order valence-corrected chi connectivity index (χ2v) is 8.12. The minimum atomic E-state index is -2.53. The average molecular weight is 354 g/mol. The summed E-state index contributed by atoms with van der Waals surface area (Å²) in [5.41, 5.74) is 0.634. The van der Waals surface area contributed by atoms with Crippen molar-refractivity contribution in [1.29, 1.82) is 0 Å². The number of halogens is 1. The van der Waals surface area contributed by atoms with Crippen molar-refractivity contribution in [3.63, 3.8) is 0 Å². The van der Waals surface area contributed by atoms with Gasteiger partial charge >= 0.3 is 11.9 Å². The Morgan fingerprint density at radius 2 is 1.65 bits per heavy atom. The highest BCUT2D eigenvalue weighted by molar-refractivity contribution is 8.49. The highest BCUT2D eigenvalue weighted by Crippen LogP contribution is 2.61. The number of nitrogens with two attached hydrogens (primary N) is 1. The predicted octanol–water partition coefficient (Wildman–Crippen LogP) is 3.51. The van der Waals surface area contributed by atoms with E-state index in [0.717, 1.165) is 0 Å². The molecule has 2 aromatic rings. The second kappa shape index (κ2) is 7.04. The van der Waals surface area contributed by atoms with Crippen molar-refractivity contribution in [3.05, 3.63) is 59.7 Å². The van der Waals surface area contributed by atoms with Crippen LogP contribution in [0.2, 0.25) is 0 Å². The standard InChI is InChI=1S/C16H16ClNO4S/c1-21-15(19)11-6-5-7-12(10-11)23(17,18)14-9-4-3-8-13(14)16(20)22-2/h3-10H,18H2,1-2H3. The van der Waals surface area contributed by atoms with E-state index in [0.29, 0.717) is 20.9 Å². The molecule has 2 N–H and O–H groups in total. The van der Waals surface area contributed by atoms with Gasteiger partial charge in [0.25, 0.3) is 0 Å². The van der Waals surface area contributed by atoms with Crippen molar-refractivity contribution in [2.45, 2.75) is 9.79 Å². The molecule has 0 radical (unpaired) electrons. The summed E-state index contributed by atoms with van der Waals surface area (Å²) in [6.45, 7) is 0. The number of hydrogen-bond acceptors (Lipinski definition) is 5. The van der Waals surface area contributed by atoms with E-state index < -0.39 is 21.4 Å². The SMILES string of the molecule is COC(=O)c1cccc(S(N)(Cl)c2ccccc2C(=O)OC)c1. The Hall–Kier alpha value is -2.02. The zero-order valence-electron chi connectivity index (χ0n) is 12.6. The van der Waals surface area contributed by atoms with Gasteiger partial charge in [-0.05, 0) is 41.0 Å². The molecule has 0 saturated carbocycles. The molecule has 0 aliphatic carbocycles. The van der Waals surface area contributed by atoms with Crippen molar-refractivity contribution in [2.24, 2.45) is 5.14 Å². The van der Waals surface area contributed by atoms with Gasteiger partial charge < -0.3 is 9.47 Å². The number of benzene rings is 2. The molecule has 5 nitrogen and oxygen atoms in total. The van der Waals surface area contributed by atoms with Gasteiger partial charge in [-0.15, -0.1) is 0 Å². The van der Waals surface area contributed by atoms with Gasteiger partial charge in [0.15, 0.2) is 0 Å². The van der Waals surface area contributed by atoms with Crippen LogP contribution in [-0.2, 0) is 9.47 Å². The lowest BCUT2D eigenvalue weighted by atomic mass is 10.2. The van der Waals surface area contributed by atoms with Crippen LogP contribution in [0.3, 0.4) is 0 Å². The largest absolute Gasteiger partial charge is 0.465 e. The number of methoxy groups -OCH3 is 2. The molecule has 2 rings (SSSR count). The van der Waals surface area contributed by atoms with E-state index in [4.69, 9.17) is 25.3 Å². The molecule has 0 fully saturated rings. The van der Waals surface area contributed by atoms with Gasteiger partial charge in [0, 0.05) is 9.79 Å². The highest BCUT2D eigenvalue weighted by atomic mass is 35.7. The van der Waals surface area contributed by atoms with Crippen LogP contribution in [0.4, 0.5) is 0 Å². The third-order valence-electron chi connectivity index (χ3n) is 3.21. The number of rotatable bonds is 4. The molecule has 0 aliphatic rings. The summed E-state index contributed by atoms with van der Waals surface area (Å²) < 4.78 is 9.47. The third kappa shape index (κ3) is 3.50. The van der Waals surface area contributed by atoms with Gasteiger partial charge in [-0.25, -0.2) is 9.59 Å². The Labute approximate surface area is 140 Å². The predicted molar refractivity (Wildman–Crippen MR) is 89.7 cm³/mol. The highest BCUT2D eigenvalue weighted by Gasteiger charge is 2.27. The van der Waals surface area contributed by atoms with E-state index in [9.17, 15) is 9.59 Å². The van der Waals surface area contributed by atoms with Gasteiger partial charge in [-0.2, -0.15) is 0 Å². The average Bonchev–Trinajstić information content (AvgIpc) is 2.60. The molecule has 23 heavy (non-hydrogen) atoms. The third-order valence-corrected chi connectivity index (χ3v) is 6.18. The Balaban J connectivity index is 2.55. The summed E-state index contributed by atoms with van der Waals surface area (Å²) in [5, 5.41) is 6.35. The lowest BCUT2D eigenvalue weighted by Gasteiger charge is -2.30. The zero-order valence-corrected chi connectivity index (χ0v) is 14.2. The minimum absolute atomic E-state index is 0.297. The molecular weight excluding hydrogens is 338 g/mol. The van der Waals surface area contributed by atoms with Crippen molar-refractivity contribution in [1.82, 2.24) is 0 Å². The topological polar surface area (TPSA) is 78.6 Å². The molecular formula is C16H16ClNO4S. The van der Waals surface area contributed by atoms with Crippen LogP contribution >= 0.6 is 20.1 Å². The molecule has 0 amide bonds. The number of esters is 2. The number of ether oxygens (including phenoxy) is 2. The van der Waals surface area contributed by atoms with Gasteiger partial charge in [-0.1, -0.05) is 27.6 Å². The van der Waals surface area contributed by atoms with Gasteiger partial charge in [-0.3, -0.25) is 5.14 Å². The zero-order chi connectivity index (χ0) is 17.0. The number of carbonyl (C=O) groups is 2. The lowest BCUT2D eigenvalue weighted by molar-refractivity contribution is 0.0589. The summed E-state index contributed by atoms with van der Waals surface area (Å²) in [5.74, 6) is -1.01. The summed E-state index contributed by atoms with van der Waals surface area (Å²) in [6.07, 6.45) is 0. The van der Waals surface area contributed by atoms with E-state index in [2.05, 4.69) is 0 Å². The van der Waals surface area contributed by atoms with Crippen LogP contribution in [0.5, 0.6) is 0 Å². The monoisotopic (exact) mass is 353 g/mol. The summed E-state index contributed by atoms with van der Waals surface area (Å²) in [6, 6.07) is 13.3. The van der Waals surface area contributed by atoms with E-state index in [-0.39, 0.29) is 0 Å². The van der Waals surface area contributed by atoms with Crippen LogP contribution in [0.1, 0.15) is 20.7 Å². The Morgan fingerprint density at radius 1 is 1.00 bits per heavy atom. The van der Waals surface area contributed by atoms with E-state index in [1.54, 1.807) is 48.5 Å². The van der Waals surface area contributed by atoms with E-state index in [1.165, 1.54) is 14.2 Å². The molecule has 0 spiro atoms. The van der Waals surface area contributed by atoms with Crippen molar-refractivity contribution >= 4 is 32.0 Å². The molecule has 0 heterocycles. The fourth-order valence-corrected chi connectivity index (χ4v) is 4.33. The molecule has 0 aromatic heterocycles. The molecule has 0 saturated heterocycles. The molecule has 1 unspecified atom stereocenters. The van der Waals surface area contributed by atoms with Gasteiger partial charge in [0.2, 0.25) is 0 Å². The van der Waals surface area contributed by atoms with Crippen LogP contribution < -0.4 is 5.14 Å². The lowest BCUT2D eigenvalue weighted by Crippen LogP contribution is -2.12. The van der Waals surface area contributed by atoms with Crippen molar-refractivity contribution in [2.75, 3.05) is 14.2 Å². The fourth-order valence-electron chi connectivity index (χ4n) is 2.06. The Morgan fingerprint density at radius 3 is 2.30 bits per heavy atom. The smallest absolute Gasteiger partial charge is 0.339 e. The first kappa shape index (κ1) is 17.3. The molecule has 1 atom stereocenters. The Kier molecular flexibility index (Phi) is 5.30. The van der Waals surface area contributed by atoms with Crippen molar-refractivity contribution < 1.29 is 19.1 Å². The Bertz CT molecular complexity index is 748. The summed E-state index contributed by atoms with van der Waals surface area (Å²) in [4.78, 5) is 24.6.